The van der Waals surface area contributed by atoms with Crippen molar-refractivity contribution in [3.63, 3.8) is 0 Å². The summed E-state index contributed by atoms with van der Waals surface area (Å²) in [7, 11) is 0. The minimum Gasteiger partial charge on any atom is -0.368 e. The molecule has 2 N–H and O–H groups in total. The second kappa shape index (κ2) is 9.08. The van der Waals surface area contributed by atoms with Gasteiger partial charge >= 0.3 is 0 Å². The summed E-state index contributed by atoms with van der Waals surface area (Å²) in [5.74, 6) is -0.168. The van der Waals surface area contributed by atoms with Crippen LogP contribution < -0.4 is 15.8 Å². The summed E-state index contributed by atoms with van der Waals surface area (Å²) in [6.45, 7) is 10.7. The number of piperazine rings is 1. The van der Waals surface area contributed by atoms with Gasteiger partial charge in [-0.2, -0.15) is 0 Å². The Labute approximate surface area is 177 Å². The quantitative estimate of drug-likeness (QED) is 0.726. The van der Waals surface area contributed by atoms with E-state index in [-0.39, 0.29) is 17.4 Å². The van der Waals surface area contributed by atoms with E-state index in [1.54, 1.807) is 12.0 Å². The Morgan fingerprint density at radius 1 is 1.00 bits per heavy atom. The maximum atomic E-state index is 12.5. The minimum absolute atomic E-state index is 0.126. The summed E-state index contributed by atoms with van der Waals surface area (Å²) in [5, 5.41) is 1.67. The largest absolute Gasteiger partial charge is 0.368 e. The number of hydrogen-bond acceptors (Lipinski definition) is 7. The van der Waals surface area contributed by atoms with E-state index in [0.29, 0.717) is 5.56 Å². The van der Waals surface area contributed by atoms with Crippen LogP contribution in [0.25, 0.3) is 0 Å². The number of rotatable bonds is 5. The highest BCUT2D eigenvalue weighted by Crippen LogP contribution is 2.21. The van der Waals surface area contributed by atoms with Gasteiger partial charge in [-0.3, -0.25) is 15.0 Å². The smallest absolute Gasteiger partial charge is 0.270 e. The van der Waals surface area contributed by atoms with Crippen LogP contribution in [0.3, 0.4) is 0 Å². The highest BCUT2D eigenvalue weighted by Gasteiger charge is 2.24. The van der Waals surface area contributed by atoms with Gasteiger partial charge in [-0.15, -0.1) is 5.12 Å². The van der Waals surface area contributed by atoms with Gasteiger partial charge in [0.2, 0.25) is 5.91 Å². The van der Waals surface area contributed by atoms with E-state index in [9.17, 15) is 9.59 Å². The van der Waals surface area contributed by atoms with Crippen LogP contribution >= 0.6 is 0 Å². The highest BCUT2D eigenvalue weighted by atomic mass is 16.2. The van der Waals surface area contributed by atoms with Gasteiger partial charge in [0.1, 0.15) is 6.33 Å². The van der Waals surface area contributed by atoms with Gasteiger partial charge in [0.25, 0.3) is 5.91 Å². The number of hydrogen-bond donors (Lipinski definition) is 2. The number of carbonyl (C=O) groups excluding carboxylic acids is 2. The molecule has 0 radical (unpaired) electrons. The fourth-order valence-electron chi connectivity index (χ4n) is 3.10. The fourth-order valence-corrected chi connectivity index (χ4v) is 3.10. The predicted octanol–water partition coefficient (Wildman–Crippen LogP) is 1.92. The summed E-state index contributed by atoms with van der Waals surface area (Å²) in [5.41, 5.74) is 8.09. The zero-order valence-corrected chi connectivity index (χ0v) is 17.9. The van der Waals surface area contributed by atoms with E-state index in [4.69, 9.17) is 0 Å². The molecule has 2 aromatic rings. The first-order valence-electron chi connectivity index (χ1n) is 9.97. The Bertz CT molecular complexity index is 857. The van der Waals surface area contributed by atoms with E-state index in [2.05, 4.69) is 25.7 Å². The van der Waals surface area contributed by atoms with E-state index in [0.717, 1.165) is 37.6 Å². The SMILES string of the molecule is CC(=O)N1CCN(c2ccc(NN(NC(=O)c3cncnc3)C(C)(C)C)cc2)CC1. The summed E-state index contributed by atoms with van der Waals surface area (Å²) >= 11 is 0. The van der Waals surface area contributed by atoms with Crippen LogP contribution in [-0.4, -0.2) is 63.5 Å². The van der Waals surface area contributed by atoms with Crippen molar-refractivity contribution < 1.29 is 9.59 Å². The monoisotopic (exact) mass is 411 g/mol. The summed E-state index contributed by atoms with van der Waals surface area (Å²) in [6, 6.07) is 8.03. The zero-order valence-electron chi connectivity index (χ0n) is 17.9. The Morgan fingerprint density at radius 2 is 1.60 bits per heavy atom. The molecular formula is C21H29N7O2. The summed E-state index contributed by atoms with van der Waals surface area (Å²) in [4.78, 5) is 35.9. The van der Waals surface area contributed by atoms with Gasteiger partial charge < -0.3 is 15.2 Å². The molecule has 1 saturated heterocycles. The molecule has 160 valence electrons. The normalized spacial score (nSPS) is 14.6. The van der Waals surface area contributed by atoms with Crippen LogP contribution in [0.4, 0.5) is 11.4 Å². The number of benzene rings is 1. The maximum Gasteiger partial charge on any atom is 0.270 e. The number of nitrogens with one attached hydrogen (secondary N) is 2. The van der Waals surface area contributed by atoms with Crippen molar-refractivity contribution in [1.29, 1.82) is 0 Å². The molecule has 0 saturated carbocycles. The van der Waals surface area contributed by atoms with Crippen molar-refractivity contribution in [1.82, 2.24) is 25.4 Å². The lowest BCUT2D eigenvalue weighted by Crippen LogP contribution is -2.55. The molecule has 30 heavy (non-hydrogen) atoms. The molecule has 0 bridgehead atoms. The zero-order chi connectivity index (χ0) is 21.7. The molecule has 1 fully saturated rings. The molecule has 1 aliphatic rings. The fraction of sp³-hybridized carbons (Fsp3) is 0.429. The third-order valence-electron chi connectivity index (χ3n) is 4.91. The number of nitrogens with zero attached hydrogens (tertiary/aromatic N) is 5. The first-order valence-corrected chi connectivity index (χ1v) is 9.97. The Morgan fingerprint density at radius 3 is 2.13 bits per heavy atom. The molecule has 3 rings (SSSR count). The van der Waals surface area contributed by atoms with Crippen molar-refractivity contribution >= 4 is 23.2 Å². The van der Waals surface area contributed by atoms with E-state index < -0.39 is 0 Å². The third kappa shape index (κ3) is 5.44. The molecule has 9 nitrogen and oxygen atoms in total. The first kappa shape index (κ1) is 21.5. The standard InChI is InChI=1S/C21H29N7O2/c1-16(29)26-9-11-27(12-10-26)19-7-5-18(6-8-19)24-28(21(2,3)4)25-20(30)17-13-22-15-23-14-17/h5-8,13-15,24H,9-12H2,1-4H3,(H,25,30). The van der Waals surface area contributed by atoms with Gasteiger partial charge in [-0.25, -0.2) is 9.97 Å². The lowest BCUT2D eigenvalue weighted by atomic mass is 10.1. The van der Waals surface area contributed by atoms with Crippen LogP contribution in [0.5, 0.6) is 0 Å². The van der Waals surface area contributed by atoms with Crippen molar-refractivity contribution in [3.8, 4) is 0 Å². The Hall–Kier alpha value is -3.20. The lowest BCUT2D eigenvalue weighted by molar-refractivity contribution is -0.129. The van der Waals surface area contributed by atoms with E-state index >= 15 is 0 Å². The lowest BCUT2D eigenvalue weighted by Gasteiger charge is -2.37. The Kier molecular flexibility index (Phi) is 6.51. The van der Waals surface area contributed by atoms with Gasteiger partial charge in [0.05, 0.1) is 16.8 Å². The van der Waals surface area contributed by atoms with Crippen molar-refractivity contribution in [2.45, 2.75) is 33.2 Å². The number of hydrazine groups is 2. The number of carbonyl (C=O) groups is 2. The number of aromatic nitrogens is 2. The van der Waals surface area contributed by atoms with Crippen LogP contribution in [0.2, 0.25) is 0 Å². The second-order valence-corrected chi connectivity index (χ2v) is 8.23. The molecule has 9 heteroatoms. The molecule has 0 aliphatic carbocycles. The van der Waals surface area contributed by atoms with Gasteiger partial charge in [0, 0.05) is 51.2 Å². The van der Waals surface area contributed by atoms with Crippen LogP contribution in [0.1, 0.15) is 38.1 Å². The average molecular weight is 412 g/mol. The minimum atomic E-state index is -0.382. The average Bonchev–Trinajstić information content (AvgIpc) is 2.74. The van der Waals surface area contributed by atoms with Crippen LogP contribution in [0, 0.1) is 0 Å². The van der Waals surface area contributed by atoms with Crippen LogP contribution in [0.15, 0.2) is 43.0 Å². The van der Waals surface area contributed by atoms with E-state index in [1.807, 2.05) is 49.9 Å². The topological polar surface area (TPSA) is 93.7 Å². The third-order valence-corrected chi connectivity index (χ3v) is 4.91. The molecule has 1 aromatic carbocycles. The van der Waals surface area contributed by atoms with Crippen molar-refractivity contribution in [2.75, 3.05) is 36.5 Å². The number of amides is 2. The molecule has 1 aliphatic heterocycles. The van der Waals surface area contributed by atoms with Gasteiger partial charge in [0.15, 0.2) is 0 Å². The maximum absolute atomic E-state index is 12.5. The summed E-state index contributed by atoms with van der Waals surface area (Å²) in [6.07, 6.45) is 4.34. The van der Waals surface area contributed by atoms with Gasteiger partial charge in [-0.1, -0.05) is 0 Å². The molecule has 2 heterocycles. The van der Waals surface area contributed by atoms with Gasteiger partial charge in [-0.05, 0) is 45.0 Å². The predicted molar refractivity (Wildman–Crippen MR) is 116 cm³/mol. The number of anilines is 2. The van der Waals surface area contributed by atoms with Crippen LogP contribution in [-0.2, 0) is 4.79 Å². The van der Waals surface area contributed by atoms with Crippen molar-refractivity contribution in [2.24, 2.45) is 0 Å². The molecule has 0 atom stereocenters. The molecule has 1 aromatic heterocycles. The molecular weight excluding hydrogens is 382 g/mol. The first-order chi connectivity index (χ1) is 14.2. The molecule has 2 amide bonds. The highest BCUT2D eigenvalue weighted by molar-refractivity contribution is 5.93. The summed E-state index contributed by atoms with van der Waals surface area (Å²) < 4.78 is 0. The molecule has 0 unspecified atom stereocenters. The van der Waals surface area contributed by atoms with E-state index in [1.165, 1.54) is 18.7 Å². The second-order valence-electron chi connectivity index (χ2n) is 8.23. The van der Waals surface area contributed by atoms with Crippen molar-refractivity contribution in [3.05, 3.63) is 48.5 Å². The molecule has 0 spiro atoms. The Balaban J connectivity index is 1.64.